The van der Waals surface area contributed by atoms with Crippen LogP contribution in [0.1, 0.15) is 42.7 Å². The number of hydrogen-bond donors (Lipinski definition) is 1. The topological polar surface area (TPSA) is 60.9 Å². The van der Waals surface area contributed by atoms with Crippen LogP contribution in [0.15, 0.2) is 24.3 Å². The molecule has 1 saturated carbocycles. The molecule has 0 spiro atoms. The number of likely N-dealkylation sites (tertiary alicyclic amines) is 1. The van der Waals surface area contributed by atoms with E-state index in [1.807, 2.05) is 0 Å². The van der Waals surface area contributed by atoms with Crippen molar-refractivity contribution in [2.45, 2.75) is 43.8 Å². The summed E-state index contributed by atoms with van der Waals surface area (Å²) in [4.78, 5) is 27.3. The SMILES string of the molecule is CN(CC(=O)O)[C@@H]1CCCN(C(=O)[C@@H]2C[C@H]2c2cccc(C(F)(F)F)c2)CC1. The van der Waals surface area contributed by atoms with Crippen LogP contribution in [0.5, 0.6) is 0 Å². The first kappa shape index (κ1) is 20.6. The van der Waals surface area contributed by atoms with Gasteiger partial charge in [-0.1, -0.05) is 18.2 Å². The third-order valence-corrected chi connectivity index (χ3v) is 5.77. The summed E-state index contributed by atoms with van der Waals surface area (Å²) in [5, 5.41) is 8.94. The molecule has 5 nitrogen and oxygen atoms in total. The molecule has 2 aliphatic rings. The minimum atomic E-state index is -4.38. The highest BCUT2D eigenvalue weighted by molar-refractivity contribution is 5.83. The molecule has 0 unspecified atom stereocenters. The monoisotopic (exact) mass is 398 g/mol. The first-order valence-electron chi connectivity index (χ1n) is 9.55. The van der Waals surface area contributed by atoms with Gasteiger partial charge in [0.05, 0.1) is 12.1 Å². The lowest BCUT2D eigenvalue weighted by Crippen LogP contribution is -2.37. The van der Waals surface area contributed by atoms with Gasteiger partial charge in [0.1, 0.15) is 0 Å². The summed E-state index contributed by atoms with van der Waals surface area (Å²) >= 11 is 0. The van der Waals surface area contributed by atoms with Crippen LogP contribution in [0.3, 0.4) is 0 Å². The van der Waals surface area contributed by atoms with Crippen molar-refractivity contribution in [2.24, 2.45) is 5.92 Å². The Balaban J connectivity index is 1.58. The van der Waals surface area contributed by atoms with Crippen molar-refractivity contribution in [2.75, 3.05) is 26.7 Å². The van der Waals surface area contributed by atoms with Gasteiger partial charge >= 0.3 is 12.1 Å². The summed E-state index contributed by atoms with van der Waals surface area (Å²) in [6.07, 6.45) is -1.47. The second kappa shape index (κ2) is 8.11. The number of alkyl halides is 3. The third kappa shape index (κ3) is 4.84. The van der Waals surface area contributed by atoms with E-state index >= 15 is 0 Å². The molecule has 2 fully saturated rings. The Morgan fingerprint density at radius 3 is 2.68 bits per heavy atom. The van der Waals surface area contributed by atoms with Gasteiger partial charge in [-0.15, -0.1) is 0 Å². The fourth-order valence-electron chi connectivity index (χ4n) is 4.10. The number of nitrogens with zero attached hydrogens (tertiary/aromatic N) is 2. The Hall–Kier alpha value is -2.09. The fourth-order valence-corrected chi connectivity index (χ4v) is 4.10. The van der Waals surface area contributed by atoms with Crippen molar-refractivity contribution in [1.82, 2.24) is 9.80 Å². The number of carboxylic acids is 1. The summed E-state index contributed by atoms with van der Waals surface area (Å²) in [6, 6.07) is 5.37. The second-order valence-corrected chi connectivity index (χ2v) is 7.79. The molecule has 0 radical (unpaired) electrons. The summed E-state index contributed by atoms with van der Waals surface area (Å²) in [5.74, 6) is -1.27. The summed E-state index contributed by atoms with van der Waals surface area (Å²) in [5.41, 5.74) is -0.107. The smallest absolute Gasteiger partial charge is 0.416 e. The van der Waals surface area contributed by atoms with Gasteiger partial charge in [0, 0.05) is 25.0 Å². The van der Waals surface area contributed by atoms with Gasteiger partial charge in [0.2, 0.25) is 5.91 Å². The number of benzene rings is 1. The van der Waals surface area contributed by atoms with E-state index in [0.29, 0.717) is 31.5 Å². The van der Waals surface area contributed by atoms with Gasteiger partial charge < -0.3 is 10.0 Å². The van der Waals surface area contributed by atoms with Crippen molar-refractivity contribution < 1.29 is 27.9 Å². The molecule has 8 heteroatoms. The van der Waals surface area contributed by atoms with Crippen LogP contribution in [0.4, 0.5) is 13.2 Å². The zero-order valence-corrected chi connectivity index (χ0v) is 15.8. The molecule has 154 valence electrons. The number of carboxylic acid groups (broad SMARTS) is 1. The van der Waals surface area contributed by atoms with Crippen molar-refractivity contribution in [3.8, 4) is 0 Å². The standard InChI is InChI=1S/C20H25F3N2O3/c1-24(12-18(26)27)15-6-3-8-25(9-7-15)19(28)17-11-16(17)13-4-2-5-14(10-13)20(21,22)23/h2,4-5,10,15-17H,3,6-9,11-12H2,1H3,(H,26,27)/t15-,16+,17-/m1/s1. The number of likely N-dealkylation sites (N-methyl/N-ethyl adjacent to an activating group) is 1. The Kier molecular flexibility index (Phi) is 5.98. The molecular weight excluding hydrogens is 373 g/mol. The predicted molar refractivity (Wildman–Crippen MR) is 96.8 cm³/mol. The number of amides is 1. The lowest BCUT2D eigenvalue weighted by molar-refractivity contribution is -0.139. The molecule has 0 aromatic heterocycles. The highest BCUT2D eigenvalue weighted by Crippen LogP contribution is 2.49. The molecule has 1 aromatic carbocycles. The van der Waals surface area contributed by atoms with Gasteiger partial charge in [-0.2, -0.15) is 13.2 Å². The number of aliphatic carboxylic acids is 1. The molecule has 0 bridgehead atoms. The van der Waals surface area contributed by atoms with Crippen LogP contribution in [0.2, 0.25) is 0 Å². The minimum absolute atomic E-state index is 0.00366. The largest absolute Gasteiger partial charge is 0.480 e. The molecule has 1 heterocycles. The van der Waals surface area contributed by atoms with E-state index in [4.69, 9.17) is 5.11 Å². The first-order valence-corrected chi connectivity index (χ1v) is 9.55. The fraction of sp³-hybridized carbons (Fsp3) is 0.600. The number of rotatable bonds is 5. The molecule has 3 atom stereocenters. The van der Waals surface area contributed by atoms with E-state index in [0.717, 1.165) is 25.0 Å². The highest BCUT2D eigenvalue weighted by atomic mass is 19.4. The van der Waals surface area contributed by atoms with Gasteiger partial charge in [-0.05, 0) is 50.3 Å². The summed E-state index contributed by atoms with van der Waals surface area (Å²) in [6.45, 7) is 1.14. The molecule has 3 rings (SSSR count). The number of hydrogen-bond acceptors (Lipinski definition) is 3. The summed E-state index contributed by atoms with van der Waals surface area (Å²) < 4.78 is 38.7. The first-order chi connectivity index (χ1) is 13.2. The average molecular weight is 398 g/mol. The molecular formula is C20H25F3N2O3. The zero-order valence-electron chi connectivity index (χ0n) is 15.8. The maximum Gasteiger partial charge on any atom is 0.416 e. The third-order valence-electron chi connectivity index (χ3n) is 5.77. The lowest BCUT2D eigenvalue weighted by atomic mass is 10.0. The molecule has 1 aromatic rings. The molecule has 1 N–H and O–H groups in total. The molecule has 28 heavy (non-hydrogen) atoms. The van der Waals surface area contributed by atoms with Gasteiger partial charge in [-0.3, -0.25) is 14.5 Å². The molecule has 1 aliphatic heterocycles. The lowest BCUT2D eigenvalue weighted by Gasteiger charge is -2.25. The Morgan fingerprint density at radius 1 is 1.25 bits per heavy atom. The average Bonchev–Trinajstić information content (AvgIpc) is 3.43. The maximum absolute atomic E-state index is 12.9. The quantitative estimate of drug-likeness (QED) is 0.828. The molecule has 1 aliphatic carbocycles. The van der Waals surface area contributed by atoms with Crippen molar-refractivity contribution in [3.05, 3.63) is 35.4 Å². The molecule has 1 saturated heterocycles. The Morgan fingerprint density at radius 2 is 2.00 bits per heavy atom. The van der Waals surface area contributed by atoms with Gasteiger partial charge in [-0.25, -0.2) is 0 Å². The zero-order chi connectivity index (χ0) is 20.5. The van der Waals surface area contributed by atoms with Crippen molar-refractivity contribution in [3.63, 3.8) is 0 Å². The predicted octanol–water partition coefficient (Wildman–Crippen LogP) is 3.21. The van der Waals surface area contributed by atoms with E-state index in [1.165, 1.54) is 6.07 Å². The molecule has 1 amide bonds. The normalized spacial score (nSPS) is 25.5. The van der Waals surface area contributed by atoms with Crippen molar-refractivity contribution >= 4 is 11.9 Å². The van der Waals surface area contributed by atoms with Crippen LogP contribution in [-0.4, -0.2) is 59.5 Å². The number of carbonyl (C=O) groups excluding carboxylic acids is 1. The van der Waals surface area contributed by atoms with Gasteiger partial charge in [0.25, 0.3) is 0 Å². The number of carbonyl (C=O) groups is 2. The van der Waals surface area contributed by atoms with Crippen LogP contribution >= 0.6 is 0 Å². The minimum Gasteiger partial charge on any atom is -0.480 e. The van der Waals surface area contributed by atoms with E-state index in [9.17, 15) is 22.8 Å². The summed E-state index contributed by atoms with van der Waals surface area (Å²) in [7, 11) is 1.78. The van der Waals surface area contributed by atoms with Crippen LogP contribution in [0, 0.1) is 5.92 Å². The van der Waals surface area contributed by atoms with Crippen molar-refractivity contribution in [1.29, 1.82) is 0 Å². The number of halogens is 3. The second-order valence-electron chi connectivity index (χ2n) is 7.79. The maximum atomic E-state index is 12.9. The van der Waals surface area contributed by atoms with Crippen LogP contribution < -0.4 is 0 Å². The van der Waals surface area contributed by atoms with Gasteiger partial charge in [0.15, 0.2) is 0 Å². The highest BCUT2D eigenvalue weighted by Gasteiger charge is 2.46. The van der Waals surface area contributed by atoms with E-state index < -0.39 is 17.7 Å². The Bertz CT molecular complexity index is 738. The van der Waals surface area contributed by atoms with Crippen LogP contribution in [-0.2, 0) is 15.8 Å². The van der Waals surface area contributed by atoms with Crippen LogP contribution in [0.25, 0.3) is 0 Å². The Labute approximate surface area is 162 Å². The van der Waals surface area contributed by atoms with E-state index in [-0.39, 0.29) is 30.3 Å². The van der Waals surface area contributed by atoms with E-state index in [2.05, 4.69) is 0 Å². The van der Waals surface area contributed by atoms with E-state index in [1.54, 1.807) is 22.9 Å².